The van der Waals surface area contributed by atoms with Gasteiger partial charge < -0.3 is 10.4 Å². The first-order valence-corrected chi connectivity index (χ1v) is 6.36. The van der Waals surface area contributed by atoms with Crippen LogP contribution >= 0.6 is 43.2 Å². The number of rotatable bonds is 4. The summed E-state index contributed by atoms with van der Waals surface area (Å²) >= 11 is 7.90. The number of hydrogen-bond donors (Lipinski definition) is 2. The monoisotopic (exact) mass is 355 g/mol. The van der Waals surface area contributed by atoms with Crippen LogP contribution in [-0.4, -0.2) is 23.5 Å². The molecule has 0 aliphatic rings. The molecule has 0 bridgehead atoms. The zero-order valence-electron chi connectivity index (χ0n) is 7.42. The molecule has 0 spiro atoms. The number of amides is 1. The highest BCUT2D eigenvalue weighted by Gasteiger charge is 2.13. The quantitative estimate of drug-likeness (QED) is 0.870. The van der Waals surface area contributed by atoms with Crippen LogP contribution in [0.15, 0.2) is 13.6 Å². The average Bonchev–Trinajstić information content (AvgIpc) is 2.44. The molecule has 4 nitrogen and oxygen atoms in total. The van der Waals surface area contributed by atoms with Crippen molar-refractivity contribution < 1.29 is 14.7 Å². The number of carbonyl (C=O) groups excluding carboxylic acids is 1. The van der Waals surface area contributed by atoms with Crippen LogP contribution in [0.1, 0.15) is 16.8 Å². The number of carboxylic acid groups (broad SMARTS) is 1. The van der Waals surface area contributed by atoms with E-state index in [2.05, 4.69) is 37.2 Å². The Hall–Kier alpha value is -0.400. The van der Waals surface area contributed by atoms with Crippen molar-refractivity contribution in [3.8, 4) is 0 Å². The van der Waals surface area contributed by atoms with Gasteiger partial charge in [0.05, 0.1) is 19.6 Å². The molecule has 0 aromatic carbocycles. The summed E-state index contributed by atoms with van der Waals surface area (Å²) in [6.07, 6.45) is -0.0747. The second kappa shape index (κ2) is 5.62. The molecule has 82 valence electrons. The molecule has 0 unspecified atom stereocenters. The second-order valence-corrected chi connectivity index (χ2v) is 6.39. The molecule has 0 fully saturated rings. The van der Waals surface area contributed by atoms with E-state index in [1.807, 2.05) is 0 Å². The van der Waals surface area contributed by atoms with E-state index >= 15 is 0 Å². The summed E-state index contributed by atoms with van der Waals surface area (Å²) in [7, 11) is 0. The van der Waals surface area contributed by atoms with Crippen LogP contribution in [0.2, 0.25) is 0 Å². The van der Waals surface area contributed by atoms with Gasteiger partial charge in [-0.3, -0.25) is 9.59 Å². The minimum Gasteiger partial charge on any atom is -0.481 e. The number of halogens is 2. The lowest BCUT2D eigenvalue weighted by Crippen LogP contribution is -2.25. The van der Waals surface area contributed by atoms with Crippen molar-refractivity contribution in [2.75, 3.05) is 6.54 Å². The predicted molar refractivity (Wildman–Crippen MR) is 64.3 cm³/mol. The largest absolute Gasteiger partial charge is 0.481 e. The van der Waals surface area contributed by atoms with Crippen LogP contribution in [0.4, 0.5) is 0 Å². The van der Waals surface area contributed by atoms with Gasteiger partial charge in [0, 0.05) is 6.54 Å². The summed E-state index contributed by atoms with van der Waals surface area (Å²) in [6, 6.07) is 1.69. The first-order valence-electron chi connectivity index (χ1n) is 3.95. The van der Waals surface area contributed by atoms with Crippen LogP contribution in [0.3, 0.4) is 0 Å². The van der Waals surface area contributed by atoms with E-state index in [1.165, 1.54) is 11.3 Å². The van der Waals surface area contributed by atoms with E-state index in [-0.39, 0.29) is 18.9 Å². The minimum absolute atomic E-state index is 0.0747. The third-order valence-electron chi connectivity index (χ3n) is 1.53. The van der Waals surface area contributed by atoms with Crippen molar-refractivity contribution in [2.24, 2.45) is 0 Å². The van der Waals surface area contributed by atoms with E-state index in [0.717, 1.165) is 7.57 Å². The fourth-order valence-electron chi connectivity index (χ4n) is 0.873. The van der Waals surface area contributed by atoms with Gasteiger partial charge in [-0.25, -0.2) is 0 Å². The lowest BCUT2D eigenvalue weighted by Gasteiger charge is -2.01. The molecule has 0 saturated carbocycles. The molecule has 1 amide bonds. The van der Waals surface area contributed by atoms with Gasteiger partial charge in [0.1, 0.15) is 0 Å². The summed E-state index contributed by atoms with van der Waals surface area (Å²) in [6.45, 7) is 0.133. The molecule has 1 aromatic rings. The Labute approximate surface area is 107 Å². The maximum Gasteiger partial charge on any atom is 0.305 e. The van der Waals surface area contributed by atoms with Gasteiger partial charge in [-0.15, -0.1) is 11.3 Å². The third-order valence-corrected chi connectivity index (χ3v) is 3.87. The first kappa shape index (κ1) is 12.7. The standard InChI is InChI=1S/C8H7Br2NO3S/c9-5-3-4(7(10)15-5)8(14)11-2-1-6(12)13/h3H,1-2H2,(H,11,14)(H,12,13). The average molecular weight is 357 g/mol. The van der Waals surface area contributed by atoms with Crippen molar-refractivity contribution in [2.45, 2.75) is 6.42 Å². The molecule has 0 aliphatic heterocycles. The number of carboxylic acids is 1. The minimum atomic E-state index is -0.930. The summed E-state index contributed by atoms with van der Waals surface area (Å²) in [5.74, 6) is -1.20. The number of thiophene rings is 1. The van der Waals surface area contributed by atoms with Gasteiger partial charge in [-0.1, -0.05) is 0 Å². The normalized spacial score (nSPS) is 10.0. The van der Waals surface area contributed by atoms with Gasteiger partial charge >= 0.3 is 5.97 Å². The van der Waals surface area contributed by atoms with Crippen LogP contribution in [0.25, 0.3) is 0 Å². The number of carbonyl (C=O) groups is 2. The van der Waals surface area contributed by atoms with Gasteiger partial charge in [0.25, 0.3) is 5.91 Å². The van der Waals surface area contributed by atoms with Crippen LogP contribution < -0.4 is 5.32 Å². The molecular formula is C8H7Br2NO3S. The Morgan fingerprint density at radius 1 is 1.47 bits per heavy atom. The number of nitrogens with one attached hydrogen (secondary N) is 1. The predicted octanol–water partition coefficient (Wildman–Crippen LogP) is 2.48. The van der Waals surface area contributed by atoms with Gasteiger partial charge in [0.2, 0.25) is 0 Å². The molecule has 0 aliphatic carbocycles. The summed E-state index contributed by atoms with van der Waals surface area (Å²) in [5.41, 5.74) is 0.511. The van der Waals surface area contributed by atoms with Gasteiger partial charge in [0.15, 0.2) is 0 Å². The summed E-state index contributed by atoms with van der Waals surface area (Å²) in [5, 5.41) is 10.9. The second-order valence-electron chi connectivity index (χ2n) is 2.64. The van der Waals surface area contributed by atoms with Crippen LogP contribution in [0.5, 0.6) is 0 Å². The molecule has 2 N–H and O–H groups in total. The molecule has 0 radical (unpaired) electrons. The molecule has 1 heterocycles. The zero-order chi connectivity index (χ0) is 11.4. The molecule has 1 aromatic heterocycles. The molecule has 1 rings (SSSR count). The highest BCUT2D eigenvalue weighted by Crippen LogP contribution is 2.31. The fourth-order valence-corrected chi connectivity index (χ4v) is 3.67. The summed E-state index contributed by atoms with van der Waals surface area (Å²) in [4.78, 5) is 21.7. The molecule has 7 heteroatoms. The van der Waals surface area contributed by atoms with E-state index in [0.29, 0.717) is 5.56 Å². The fraction of sp³-hybridized carbons (Fsp3) is 0.250. The maximum absolute atomic E-state index is 11.5. The zero-order valence-corrected chi connectivity index (χ0v) is 11.4. The molecule has 15 heavy (non-hydrogen) atoms. The Morgan fingerprint density at radius 2 is 2.13 bits per heavy atom. The SMILES string of the molecule is O=C(O)CCNC(=O)c1cc(Br)sc1Br. The van der Waals surface area contributed by atoms with E-state index < -0.39 is 5.97 Å². The number of aliphatic carboxylic acids is 1. The van der Waals surface area contributed by atoms with Gasteiger partial charge in [-0.2, -0.15) is 0 Å². The van der Waals surface area contributed by atoms with Gasteiger partial charge in [-0.05, 0) is 37.9 Å². The van der Waals surface area contributed by atoms with Crippen molar-refractivity contribution in [1.82, 2.24) is 5.32 Å². The van der Waals surface area contributed by atoms with Crippen LogP contribution in [-0.2, 0) is 4.79 Å². The highest BCUT2D eigenvalue weighted by molar-refractivity contribution is 9.12. The lowest BCUT2D eigenvalue weighted by molar-refractivity contribution is -0.136. The van der Waals surface area contributed by atoms with Crippen molar-refractivity contribution in [3.05, 3.63) is 19.2 Å². The smallest absolute Gasteiger partial charge is 0.305 e. The summed E-state index contributed by atoms with van der Waals surface area (Å²) < 4.78 is 1.57. The Kier molecular flexibility index (Phi) is 4.75. The van der Waals surface area contributed by atoms with Crippen molar-refractivity contribution in [3.63, 3.8) is 0 Å². The van der Waals surface area contributed by atoms with E-state index in [1.54, 1.807) is 6.07 Å². The molecule has 0 atom stereocenters. The highest BCUT2D eigenvalue weighted by atomic mass is 79.9. The third kappa shape index (κ3) is 3.92. The number of hydrogen-bond acceptors (Lipinski definition) is 3. The van der Waals surface area contributed by atoms with Crippen LogP contribution in [0, 0.1) is 0 Å². The van der Waals surface area contributed by atoms with E-state index in [4.69, 9.17) is 5.11 Å². The Bertz CT molecular complexity index is 391. The first-order chi connectivity index (χ1) is 7.00. The Morgan fingerprint density at radius 3 is 2.60 bits per heavy atom. The Balaban J connectivity index is 2.54. The topological polar surface area (TPSA) is 66.4 Å². The van der Waals surface area contributed by atoms with Crippen molar-refractivity contribution >= 4 is 55.1 Å². The lowest BCUT2D eigenvalue weighted by atomic mass is 10.3. The molecular weight excluding hydrogens is 350 g/mol. The maximum atomic E-state index is 11.5. The van der Waals surface area contributed by atoms with E-state index in [9.17, 15) is 9.59 Å². The molecule has 0 saturated heterocycles. The van der Waals surface area contributed by atoms with Crippen molar-refractivity contribution in [1.29, 1.82) is 0 Å².